The molecule has 5 nitrogen and oxygen atoms in total. The van der Waals surface area contributed by atoms with Crippen molar-refractivity contribution in [2.75, 3.05) is 36.9 Å². The van der Waals surface area contributed by atoms with Crippen LogP contribution >= 0.6 is 11.3 Å². The Hall–Kier alpha value is -1.89. The lowest BCUT2D eigenvalue weighted by Gasteiger charge is -2.24. The van der Waals surface area contributed by atoms with Crippen molar-refractivity contribution in [3.05, 3.63) is 35.2 Å². The summed E-state index contributed by atoms with van der Waals surface area (Å²) in [6, 6.07) is 7.27. The SMILES string of the molecule is Nc1ccc(N(CCO)CCO)cc1-c1sccc1C=O. The summed E-state index contributed by atoms with van der Waals surface area (Å²) >= 11 is 1.46. The van der Waals surface area contributed by atoms with E-state index in [1.165, 1.54) is 11.3 Å². The summed E-state index contributed by atoms with van der Waals surface area (Å²) in [5.74, 6) is 0. The number of carbonyl (C=O) groups is 1. The Morgan fingerprint density at radius 1 is 1.19 bits per heavy atom. The molecule has 0 radical (unpaired) electrons. The fourth-order valence-corrected chi connectivity index (χ4v) is 3.09. The number of nitrogens with two attached hydrogens (primary N) is 1. The van der Waals surface area contributed by atoms with E-state index in [1.807, 2.05) is 22.4 Å². The van der Waals surface area contributed by atoms with Crippen LogP contribution in [0.1, 0.15) is 10.4 Å². The number of carbonyl (C=O) groups excluding carboxylic acids is 1. The monoisotopic (exact) mass is 306 g/mol. The third-order valence-electron chi connectivity index (χ3n) is 3.21. The van der Waals surface area contributed by atoms with Crippen molar-refractivity contribution < 1.29 is 15.0 Å². The summed E-state index contributed by atoms with van der Waals surface area (Å²) in [6.45, 7) is 0.848. The Bertz CT molecular complexity index is 607. The van der Waals surface area contributed by atoms with Gasteiger partial charge < -0.3 is 20.8 Å². The Morgan fingerprint density at radius 2 is 1.90 bits per heavy atom. The molecule has 2 rings (SSSR count). The van der Waals surface area contributed by atoms with Gasteiger partial charge in [0.1, 0.15) is 0 Å². The lowest BCUT2D eigenvalue weighted by atomic mass is 10.1. The minimum atomic E-state index is -0.00169. The summed E-state index contributed by atoms with van der Waals surface area (Å²) in [4.78, 5) is 13.8. The Balaban J connectivity index is 2.43. The molecule has 0 atom stereocenters. The molecule has 2 aromatic rings. The average Bonchev–Trinajstić information content (AvgIpc) is 2.96. The molecule has 0 amide bonds. The topological polar surface area (TPSA) is 86.8 Å². The zero-order valence-corrected chi connectivity index (χ0v) is 12.3. The number of benzene rings is 1. The van der Waals surface area contributed by atoms with Crippen LogP contribution in [0.2, 0.25) is 0 Å². The predicted octanol–water partition coefficient (Wildman–Crippen LogP) is 1.60. The highest BCUT2D eigenvalue weighted by molar-refractivity contribution is 7.14. The molecule has 4 N–H and O–H groups in total. The van der Waals surface area contributed by atoms with E-state index in [0.29, 0.717) is 24.3 Å². The molecule has 1 heterocycles. The van der Waals surface area contributed by atoms with Crippen LogP contribution in [0.4, 0.5) is 11.4 Å². The number of nitrogens with zero attached hydrogens (tertiary/aromatic N) is 1. The second kappa shape index (κ2) is 7.21. The van der Waals surface area contributed by atoms with E-state index in [9.17, 15) is 4.79 Å². The molecule has 0 saturated carbocycles. The van der Waals surface area contributed by atoms with Gasteiger partial charge in [-0.2, -0.15) is 0 Å². The highest BCUT2D eigenvalue weighted by Gasteiger charge is 2.13. The molecular weight excluding hydrogens is 288 g/mol. The molecule has 0 spiro atoms. The molecule has 0 aliphatic heterocycles. The number of aldehydes is 1. The molecule has 0 aliphatic rings. The van der Waals surface area contributed by atoms with Gasteiger partial charge in [0, 0.05) is 40.5 Å². The van der Waals surface area contributed by atoms with Crippen LogP contribution in [-0.4, -0.2) is 42.8 Å². The molecule has 0 unspecified atom stereocenters. The second-order valence-corrected chi connectivity index (χ2v) is 5.44. The molecule has 1 aromatic carbocycles. The number of thiophene rings is 1. The first-order chi connectivity index (χ1) is 10.2. The van der Waals surface area contributed by atoms with E-state index in [4.69, 9.17) is 15.9 Å². The first kappa shape index (κ1) is 15.5. The summed E-state index contributed by atoms with van der Waals surface area (Å²) in [7, 11) is 0. The number of hydrogen-bond donors (Lipinski definition) is 3. The highest BCUT2D eigenvalue weighted by atomic mass is 32.1. The predicted molar refractivity (Wildman–Crippen MR) is 85.9 cm³/mol. The molecule has 6 heteroatoms. The van der Waals surface area contributed by atoms with E-state index in [0.717, 1.165) is 22.4 Å². The first-order valence-corrected chi connectivity index (χ1v) is 7.48. The normalized spacial score (nSPS) is 10.6. The van der Waals surface area contributed by atoms with Crippen LogP contribution in [-0.2, 0) is 0 Å². The van der Waals surface area contributed by atoms with Gasteiger partial charge >= 0.3 is 0 Å². The quantitative estimate of drug-likeness (QED) is 0.534. The number of aliphatic hydroxyl groups excluding tert-OH is 2. The van der Waals surface area contributed by atoms with E-state index >= 15 is 0 Å². The van der Waals surface area contributed by atoms with Gasteiger partial charge in [-0.3, -0.25) is 4.79 Å². The Kier molecular flexibility index (Phi) is 5.32. The smallest absolute Gasteiger partial charge is 0.151 e. The maximum Gasteiger partial charge on any atom is 0.151 e. The molecular formula is C15H18N2O3S. The van der Waals surface area contributed by atoms with E-state index in [1.54, 1.807) is 12.1 Å². The van der Waals surface area contributed by atoms with Gasteiger partial charge in [0.15, 0.2) is 6.29 Å². The van der Waals surface area contributed by atoms with Gasteiger partial charge in [-0.05, 0) is 29.6 Å². The summed E-state index contributed by atoms with van der Waals surface area (Å²) in [5, 5.41) is 20.1. The van der Waals surface area contributed by atoms with Crippen molar-refractivity contribution in [1.82, 2.24) is 0 Å². The van der Waals surface area contributed by atoms with E-state index in [-0.39, 0.29) is 13.2 Å². The highest BCUT2D eigenvalue weighted by Crippen LogP contribution is 2.35. The molecule has 0 aliphatic carbocycles. The minimum Gasteiger partial charge on any atom is -0.398 e. The van der Waals surface area contributed by atoms with Crippen molar-refractivity contribution in [3.8, 4) is 10.4 Å². The third kappa shape index (κ3) is 3.41. The lowest BCUT2D eigenvalue weighted by molar-refractivity contribution is 0.112. The zero-order chi connectivity index (χ0) is 15.2. The van der Waals surface area contributed by atoms with E-state index in [2.05, 4.69) is 0 Å². The van der Waals surface area contributed by atoms with Crippen LogP contribution in [0.5, 0.6) is 0 Å². The largest absolute Gasteiger partial charge is 0.398 e. The molecule has 21 heavy (non-hydrogen) atoms. The molecule has 0 saturated heterocycles. The van der Waals surface area contributed by atoms with Crippen LogP contribution in [0.15, 0.2) is 29.6 Å². The first-order valence-electron chi connectivity index (χ1n) is 6.60. The van der Waals surface area contributed by atoms with Gasteiger partial charge in [-0.1, -0.05) is 0 Å². The summed E-state index contributed by atoms with van der Waals surface area (Å²) < 4.78 is 0. The Labute approximate surface area is 127 Å². The van der Waals surface area contributed by atoms with Crippen LogP contribution in [0.25, 0.3) is 10.4 Å². The van der Waals surface area contributed by atoms with Gasteiger partial charge in [0.05, 0.1) is 13.2 Å². The second-order valence-electron chi connectivity index (χ2n) is 4.53. The fourth-order valence-electron chi connectivity index (χ4n) is 2.18. The van der Waals surface area contributed by atoms with Gasteiger partial charge in [0.2, 0.25) is 0 Å². The number of aliphatic hydroxyl groups is 2. The Morgan fingerprint density at radius 3 is 2.52 bits per heavy atom. The van der Waals surface area contributed by atoms with Crippen molar-refractivity contribution in [3.63, 3.8) is 0 Å². The van der Waals surface area contributed by atoms with Crippen molar-refractivity contribution in [1.29, 1.82) is 0 Å². The van der Waals surface area contributed by atoms with Crippen molar-refractivity contribution in [2.24, 2.45) is 0 Å². The van der Waals surface area contributed by atoms with E-state index < -0.39 is 0 Å². The molecule has 0 bridgehead atoms. The van der Waals surface area contributed by atoms with Gasteiger partial charge in [-0.15, -0.1) is 11.3 Å². The average molecular weight is 306 g/mol. The van der Waals surface area contributed by atoms with Crippen LogP contribution < -0.4 is 10.6 Å². The maximum absolute atomic E-state index is 11.1. The maximum atomic E-state index is 11.1. The number of anilines is 2. The summed E-state index contributed by atoms with van der Waals surface area (Å²) in [5.41, 5.74) is 8.88. The van der Waals surface area contributed by atoms with Gasteiger partial charge in [-0.25, -0.2) is 0 Å². The number of nitrogen functional groups attached to an aromatic ring is 1. The summed E-state index contributed by atoms with van der Waals surface area (Å²) in [6.07, 6.45) is 0.817. The van der Waals surface area contributed by atoms with Gasteiger partial charge in [0.25, 0.3) is 0 Å². The van der Waals surface area contributed by atoms with Crippen LogP contribution in [0.3, 0.4) is 0 Å². The standard InChI is InChI=1S/C15H18N2O3S/c16-14-2-1-12(17(4-6-18)5-7-19)9-13(14)15-11(10-20)3-8-21-15/h1-3,8-10,18-19H,4-7,16H2. The molecule has 0 fully saturated rings. The van der Waals surface area contributed by atoms with Crippen molar-refractivity contribution in [2.45, 2.75) is 0 Å². The van der Waals surface area contributed by atoms with Crippen LogP contribution in [0, 0.1) is 0 Å². The van der Waals surface area contributed by atoms with Crippen molar-refractivity contribution >= 4 is 29.0 Å². The fraction of sp³-hybridized carbons (Fsp3) is 0.267. The minimum absolute atomic E-state index is 0.00169. The molecule has 1 aromatic heterocycles. The molecule has 112 valence electrons. The number of hydrogen-bond acceptors (Lipinski definition) is 6. The zero-order valence-electron chi connectivity index (χ0n) is 11.5. The number of rotatable bonds is 7. The lowest BCUT2D eigenvalue weighted by Crippen LogP contribution is -2.29. The third-order valence-corrected chi connectivity index (χ3v) is 4.17.